The fraction of sp³-hybridized carbons (Fsp3) is 0.182. The van der Waals surface area contributed by atoms with Gasteiger partial charge in [-0.3, -0.25) is 14.9 Å². The molecule has 1 aromatic heterocycles. The van der Waals surface area contributed by atoms with Gasteiger partial charge in [0, 0.05) is 29.9 Å². The van der Waals surface area contributed by atoms with Gasteiger partial charge < -0.3 is 4.57 Å². The zero-order chi connectivity index (χ0) is 20.3. The molecule has 0 spiro atoms. The standard InChI is InChI=1S/C22H18N2O4S/c1-29(27,28)15-9-7-13(8-10-15)18-19(22(26)23-21(18)25)17-12-24-11-3-5-14-4-2-6-16(17)20(14)24/h2,4,6-10,12H,3,5,11H2,1H3,(H,23,25,26). The van der Waals surface area contributed by atoms with Crippen molar-refractivity contribution < 1.29 is 18.0 Å². The second kappa shape index (κ2) is 6.15. The molecule has 146 valence electrons. The minimum absolute atomic E-state index is 0.167. The summed E-state index contributed by atoms with van der Waals surface area (Å²) in [4.78, 5) is 25.5. The van der Waals surface area contributed by atoms with Crippen LogP contribution in [0.1, 0.15) is 23.1 Å². The molecule has 29 heavy (non-hydrogen) atoms. The van der Waals surface area contributed by atoms with E-state index in [4.69, 9.17) is 0 Å². The molecule has 2 aliphatic rings. The van der Waals surface area contributed by atoms with Gasteiger partial charge in [0.2, 0.25) is 0 Å². The molecule has 1 N–H and O–H groups in total. The Balaban J connectivity index is 1.75. The van der Waals surface area contributed by atoms with E-state index in [1.807, 2.05) is 18.3 Å². The molecule has 0 fully saturated rings. The molecular formula is C22H18N2O4S. The lowest BCUT2D eigenvalue weighted by Gasteiger charge is -2.14. The molecule has 2 amide bonds. The van der Waals surface area contributed by atoms with Crippen LogP contribution in [0.4, 0.5) is 0 Å². The predicted molar refractivity (Wildman–Crippen MR) is 110 cm³/mol. The highest BCUT2D eigenvalue weighted by molar-refractivity contribution is 7.90. The minimum atomic E-state index is -3.35. The van der Waals surface area contributed by atoms with Gasteiger partial charge in [-0.25, -0.2) is 8.42 Å². The number of hydrogen-bond donors (Lipinski definition) is 1. The summed E-state index contributed by atoms with van der Waals surface area (Å²) in [5.41, 5.74) is 4.21. The van der Waals surface area contributed by atoms with E-state index >= 15 is 0 Å². The van der Waals surface area contributed by atoms with Gasteiger partial charge in [0.1, 0.15) is 0 Å². The second-order valence-electron chi connectivity index (χ2n) is 7.48. The number of carbonyl (C=O) groups excluding carboxylic acids is 2. The second-order valence-corrected chi connectivity index (χ2v) is 9.50. The third-order valence-corrected chi connectivity index (χ3v) is 6.73. The first-order valence-electron chi connectivity index (χ1n) is 9.36. The number of hydrogen-bond acceptors (Lipinski definition) is 4. The summed E-state index contributed by atoms with van der Waals surface area (Å²) >= 11 is 0. The Morgan fingerprint density at radius 2 is 1.69 bits per heavy atom. The van der Waals surface area contributed by atoms with E-state index in [-0.39, 0.29) is 10.5 Å². The molecule has 0 bridgehead atoms. The first-order chi connectivity index (χ1) is 13.8. The van der Waals surface area contributed by atoms with Crippen molar-refractivity contribution in [3.05, 3.63) is 65.4 Å². The van der Waals surface area contributed by atoms with Crippen molar-refractivity contribution in [2.75, 3.05) is 6.26 Å². The third-order valence-electron chi connectivity index (χ3n) is 5.60. The molecule has 5 rings (SSSR count). The van der Waals surface area contributed by atoms with Crippen LogP contribution in [0.3, 0.4) is 0 Å². The van der Waals surface area contributed by atoms with Crippen LogP contribution in [0.2, 0.25) is 0 Å². The lowest BCUT2D eigenvalue weighted by atomic mass is 9.95. The quantitative estimate of drug-likeness (QED) is 0.678. The molecule has 0 saturated heterocycles. The molecule has 6 nitrogen and oxygen atoms in total. The smallest absolute Gasteiger partial charge is 0.259 e. The average molecular weight is 406 g/mol. The van der Waals surface area contributed by atoms with Crippen molar-refractivity contribution >= 4 is 43.7 Å². The number of carbonyl (C=O) groups is 2. The summed E-state index contributed by atoms with van der Waals surface area (Å²) in [6.07, 6.45) is 5.10. The van der Waals surface area contributed by atoms with Gasteiger partial charge in [0.05, 0.1) is 21.6 Å². The summed E-state index contributed by atoms with van der Waals surface area (Å²) in [6, 6.07) is 12.1. The zero-order valence-corrected chi connectivity index (χ0v) is 16.5. The van der Waals surface area contributed by atoms with E-state index in [0.717, 1.165) is 42.1 Å². The minimum Gasteiger partial charge on any atom is -0.347 e. The number of imide groups is 1. The Morgan fingerprint density at radius 3 is 2.41 bits per heavy atom. The van der Waals surface area contributed by atoms with Crippen LogP contribution in [0.25, 0.3) is 22.0 Å². The molecule has 2 aliphatic heterocycles. The molecule has 3 aromatic rings. The monoisotopic (exact) mass is 406 g/mol. The van der Waals surface area contributed by atoms with E-state index in [9.17, 15) is 18.0 Å². The fourth-order valence-corrected chi connectivity index (χ4v) is 4.94. The van der Waals surface area contributed by atoms with Gasteiger partial charge in [-0.15, -0.1) is 0 Å². The number of rotatable bonds is 3. The van der Waals surface area contributed by atoms with Crippen molar-refractivity contribution in [1.29, 1.82) is 0 Å². The number of nitrogens with zero attached hydrogens (tertiary/aromatic N) is 1. The maximum absolute atomic E-state index is 12.7. The van der Waals surface area contributed by atoms with Crippen LogP contribution >= 0.6 is 0 Å². The topological polar surface area (TPSA) is 85.2 Å². The molecule has 7 heteroatoms. The normalized spacial score (nSPS) is 16.6. The van der Waals surface area contributed by atoms with Crippen molar-refractivity contribution in [3.63, 3.8) is 0 Å². The number of aromatic nitrogens is 1. The average Bonchev–Trinajstić information content (AvgIpc) is 3.19. The number of nitrogens with one attached hydrogen (secondary N) is 1. The molecule has 0 aliphatic carbocycles. The first-order valence-corrected chi connectivity index (χ1v) is 11.3. The largest absolute Gasteiger partial charge is 0.347 e. The summed E-state index contributed by atoms with van der Waals surface area (Å²) < 4.78 is 25.6. The molecule has 0 unspecified atom stereocenters. The van der Waals surface area contributed by atoms with Gasteiger partial charge in [0.15, 0.2) is 9.84 Å². The van der Waals surface area contributed by atoms with E-state index in [2.05, 4.69) is 16.0 Å². The number of sulfone groups is 1. The highest BCUT2D eigenvalue weighted by atomic mass is 32.2. The van der Waals surface area contributed by atoms with Gasteiger partial charge in [0.25, 0.3) is 11.8 Å². The van der Waals surface area contributed by atoms with Crippen molar-refractivity contribution in [2.45, 2.75) is 24.3 Å². The SMILES string of the molecule is CS(=O)(=O)c1ccc(C2=C(c3cn4c5c(cccc35)CCC4)C(=O)NC2=O)cc1. The Morgan fingerprint density at radius 1 is 0.966 bits per heavy atom. The maximum Gasteiger partial charge on any atom is 0.259 e. The van der Waals surface area contributed by atoms with Crippen molar-refractivity contribution in [3.8, 4) is 0 Å². The van der Waals surface area contributed by atoms with Crippen LogP contribution in [0.5, 0.6) is 0 Å². The molecule has 2 aromatic carbocycles. The predicted octanol–water partition coefficient (Wildman–Crippen LogP) is 2.56. The molecule has 3 heterocycles. The van der Waals surface area contributed by atoms with Crippen LogP contribution in [0.15, 0.2) is 53.6 Å². The number of aryl methyl sites for hydroxylation is 2. The van der Waals surface area contributed by atoms with Gasteiger partial charge in [-0.05, 0) is 36.1 Å². The van der Waals surface area contributed by atoms with Gasteiger partial charge in [-0.1, -0.05) is 30.3 Å². The fourth-order valence-electron chi connectivity index (χ4n) is 4.31. The zero-order valence-electron chi connectivity index (χ0n) is 15.7. The van der Waals surface area contributed by atoms with E-state index in [1.165, 1.54) is 17.7 Å². The molecular weight excluding hydrogens is 388 g/mol. The highest BCUT2D eigenvalue weighted by Gasteiger charge is 2.34. The maximum atomic E-state index is 12.7. The third kappa shape index (κ3) is 2.73. The van der Waals surface area contributed by atoms with E-state index in [0.29, 0.717) is 11.1 Å². The van der Waals surface area contributed by atoms with Crippen LogP contribution in [-0.2, 0) is 32.4 Å². The van der Waals surface area contributed by atoms with E-state index < -0.39 is 21.7 Å². The summed E-state index contributed by atoms with van der Waals surface area (Å²) in [5.74, 6) is -0.898. The summed E-state index contributed by atoms with van der Waals surface area (Å²) in [6.45, 7) is 0.870. The number of benzene rings is 2. The highest BCUT2D eigenvalue weighted by Crippen LogP contribution is 2.38. The Bertz CT molecular complexity index is 1350. The Kier molecular flexibility index (Phi) is 3.79. The van der Waals surface area contributed by atoms with Crippen molar-refractivity contribution in [1.82, 2.24) is 9.88 Å². The summed E-state index contributed by atoms with van der Waals surface area (Å²) in [5, 5.41) is 3.35. The Hall–Kier alpha value is -3.19. The molecule has 0 atom stereocenters. The lowest BCUT2D eigenvalue weighted by molar-refractivity contribution is -0.122. The molecule has 0 radical (unpaired) electrons. The number of para-hydroxylation sites is 1. The van der Waals surface area contributed by atoms with Crippen LogP contribution < -0.4 is 5.32 Å². The van der Waals surface area contributed by atoms with Crippen molar-refractivity contribution in [2.24, 2.45) is 0 Å². The summed E-state index contributed by atoms with van der Waals surface area (Å²) in [7, 11) is -3.35. The van der Waals surface area contributed by atoms with Crippen LogP contribution in [0, 0.1) is 0 Å². The van der Waals surface area contributed by atoms with Crippen LogP contribution in [-0.4, -0.2) is 31.1 Å². The first kappa shape index (κ1) is 17.9. The molecule has 0 saturated carbocycles. The lowest BCUT2D eigenvalue weighted by Crippen LogP contribution is -2.22. The van der Waals surface area contributed by atoms with E-state index in [1.54, 1.807) is 12.1 Å². The Labute approximate surface area is 167 Å². The van der Waals surface area contributed by atoms with Gasteiger partial charge >= 0.3 is 0 Å². The number of amides is 2. The van der Waals surface area contributed by atoms with Gasteiger partial charge in [-0.2, -0.15) is 0 Å².